The maximum atomic E-state index is 13.3. The third kappa shape index (κ3) is 5.22. The molecule has 4 rings (SSSR count). The first-order valence-corrected chi connectivity index (χ1v) is 11.6. The highest BCUT2D eigenvalue weighted by Gasteiger charge is 2.40. The fourth-order valence-corrected chi connectivity index (χ4v) is 4.48. The van der Waals surface area contributed by atoms with Gasteiger partial charge in [-0.05, 0) is 31.4 Å². The molecule has 0 saturated carbocycles. The standard InChI is InChI=1S/C23H28BN5O6/c1-3-28-7-8-29(22(32)21(28)31)23(33)27-18(11-17-12-25-13-26-17)19(30)10-16-9-15-6-4-5-14(2)20(15)35-24(16)34/h4-6,12-13,16,18,34H,3,7-11H2,1-2H3,(H,25,26)(H,27,33)/t16-,18-/m1/s1. The molecule has 2 aromatic rings. The molecule has 1 fully saturated rings. The predicted octanol–water partition coefficient (Wildman–Crippen LogP) is 0.475. The molecule has 1 aromatic carbocycles. The van der Waals surface area contributed by atoms with Crippen LogP contribution in [-0.2, 0) is 27.2 Å². The van der Waals surface area contributed by atoms with E-state index in [0.29, 0.717) is 24.4 Å². The Kier molecular flexibility index (Phi) is 7.20. The molecule has 3 heterocycles. The first-order chi connectivity index (χ1) is 16.8. The number of nitrogens with one attached hydrogen (secondary N) is 2. The van der Waals surface area contributed by atoms with Gasteiger partial charge in [0, 0.05) is 50.2 Å². The van der Waals surface area contributed by atoms with Gasteiger partial charge in [-0.15, -0.1) is 0 Å². The number of urea groups is 1. The van der Waals surface area contributed by atoms with Crippen LogP contribution in [0.3, 0.4) is 0 Å². The second-order valence-electron chi connectivity index (χ2n) is 8.83. The first kappa shape index (κ1) is 24.5. The Labute approximate surface area is 203 Å². The number of imide groups is 1. The molecule has 3 N–H and O–H groups in total. The molecule has 0 radical (unpaired) electrons. The van der Waals surface area contributed by atoms with Gasteiger partial charge in [-0.25, -0.2) is 9.78 Å². The van der Waals surface area contributed by atoms with Gasteiger partial charge in [0.1, 0.15) is 5.75 Å². The molecule has 11 nitrogen and oxygen atoms in total. The lowest BCUT2D eigenvalue weighted by atomic mass is 9.64. The number of para-hydroxylation sites is 1. The maximum Gasteiger partial charge on any atom is 0.526 e. The molecule has 2 aliphatic rings. The van der Waals surface area contributed by atoms with E-state index in [1.165, 1.54) is 11.2 Å². The lowest BCUT2D eigenvalue weighted by Crippen LogP contribution is -2.60. The van der Waals surface area contributed by atoms with Crippen molar-refractivity contribution in [3.63, 3.8) is 0 Å². The number of fused-ring (bicyclic) bond motifs is 1. The molecule has 35 heavy (non-hydrogen) atoms. The molecule has 0 unspecified atom stereocenters. The van der Waals surface area contributed by atoms with E-state index in [2.05, 4.69) is 15.3 Å². The number of piperazine rings is 1. The summed E-state index contributed by atoms with van der Waals surface area (Å²) in [6.45, 7) is 4.29. The highest BCUT2D eigenvalue weighted by Crippen LogP contribution is 2.36. The number of nitrogens with zero attached hydrogens (tertiary/aromatic N) is 3. The van der Waals surface area contributed by atoms with Crippen LogP contribution >= 0.6 is 0 Å². The maximum absolute atomic E-state index is 13.3. The van der Waals surface area contributed by atoms with Crippen molar-refractivity contribution in [3.05, 3.63) is 47.5 Å². The highest BCUT2D eigenvalue weighted by molar-refractivity contribution is 6.46. The van der Waals surface area contributed by atoms with E-state index in [4.69, 9.17) is 4.65 Å². The Hall–Kier alpha value is -3.67. The van der Waals surface area contributed by atoms with Crippen LogP contribution in [0.4, 0.5) is 4.79 Å². The number of likely N-dealkylation sites (N-methyl/N-ethyl adjacent to an activating group) is 1. The van der Waals surface area contributed by atoms with Gasteiger partial charge in [-0.1, -0.05) is 18.2 Å². The molecule has 4 amide bonds. The van der Waals surface area contributed by atoms with Gasteiger partial charge in [0.15, 0.2) is 5.78 Å². The summed E-state index contributed by atoms with van der Waals surface area (Å²) in [4.78, 5) is 59.9. The zero-order valence-electron chi connectivity index (χ0n) is 19.7. The van der Waals surface area contributed by atoms with Crippen LogP contribution in [-0.4, -0.2) is 81.2 Å². The summed E-state index contributed by atoms with van der Waals surface area (Å²) in [6, 6.07) is 3.87. The summed E-state index contributed by atoms with van der Waals surface area (Å²) in [6.07, 6.45) is 3.51. The smallest absolute Gasteiger partial charge is 0.526 e. The Balaban J connectivity index is 1.47. The average Bonchev–Trinajstić information content (AvgIpc) is 3.34. The summed E-state index contributed by atoms with van der Waals surface area (Å²) in [7, 11) is -1.17. The number of rotatable bonds is 7. The fraction of sp³-hybridized carbons (Fsp3) is 0.435. The fourth-order valence-electron chi connectivity index (χ4n) is 4.48. The molecular formula is C23H28BN5O6. The molecule has 1 aromatic heterocycles. The number of carbonyl (C=O) groups is 4. The van der Waals surface area contributed by atoms with Crippen molar-refractivity contribution in [3.8, 4) is 5.75 Å². The first-order valence-electron chi connectivity index (χ1n) is 11.6. The summed E-state index contributed by atoms with van der Waals surface area (Å²) < 4.78 is 5.69. The van der Waals surface area contributed by atoms with Gasteiger partial charge >= 0.3 is 25.0 Å². The van der Waals surface area contributed by atoms with Crippen molar-refractivity contribution in [2.24, 2.45) is 0 Å². The summed E-state index contributed by atoms with van der Waals surface area (Å²) in [5, 5.41) is 13.2. The predicted molar refractivity (Wildman–Crippen MR) is 125 cm³/mol. The topological polar surface area (TPSA) is 145 Å². The number of amides is 4. The second-order valence-corrected chi connectivity index (χ2v) is 8.83. The Morgan fingerprint density at radius 1 is 1.31 bits per heavy atom. The molecule has 0 aliphatic carbocycles. The average molecular weight is 481 g/mol. The lowest BCUT2D eigenvalue weighted by Gasteiger charge is -2.33. The third-order valence-electron chi connectivity index (χ3n) is 6.48. The molecule has 0 spiro atoms. The van der Waals surface area contributed by atoms with Crippen LogP contribution in [0.2, 0.25) is 5.82 Å². The van der Waals surface area contributed by atoms with E-state index >= 15 is 0 Å². The zero-order chi connectivity index (χ0) is 25.1. The number of benzene rings is 1. The number of aryl methyl sites for hydroxylation is 1. The Morgan fingerprint density at radius 3 is 2.83 bits per heavy atom. The largest absolute Gasteiger partial charge is 0.536 e. The molecule has 2 atom stereocenters. The van der Waals surface area contributed by atoms with Crippen molar-refractivity contribution >= 4 is 30.7 Å². The summed E-state index contributed by atoms with van der Waals surface area (Å²) >= 11 is 0. The number of aromatic nitrogens is 2. The van der Waals surface area contributed by atoms with E-state index in [-0.39, 0.29) is 31.7 Å². The molecule has 0 bridgehead atoms. The second kappa shape index (κ2) is 10.3. The Morgan fingerprint density at radius 2 is 2.11 bits per heavy atom. The van der Waals surface area contributed by atoms with Crippen LogP contribution in [0.5, 0.6) is 5.75 Å². The summed E-state index contributed by atoms with van der Waals surface area (Å²) in [5.41, 5.74) is 2.42. The van der Waals surface area contributed by atoms with Crippen LogP contribution in [0.25, 0.3) is 0 Å². The Bertz CT molecular complexity index is 1120. The van der Waals surface area contributed by atoms with Crippen LogP contribution in [0, 0.1) is 6.92 Å². The minimum Gasteiger partial charge on any atom is -0.536 e. The normalized spacial score (nSPS) is 18.7. The number of hydrogen-bond donors (Lipinski definition) is 3. The van der Waals surface area contributed by atoms with Crippen molar-refractivity contribution in [2.45, 2.75) is 45.0 Å². The van der Waals surface area contributed by atoms with E-state index in [0.717, 1.165) is 16.0 Å². The number of H-pyrrole nitrogens is 1. The zero-order valence-corrected chi connectivity index (χ0v) is 19.7. The van der Waals surface area contributed by atoms with Crippen LogP contribution in [0.1, 0.15) is 30.2 Å². The number of aromatic amines is 1. The SMILES string of the molecule is CCN1CCN(C(=O)N[C@H](Cc2cnc[nH]2)C(=O)C[C@H]2Cc3cccc(C)c3OB2O)C(=O)C1=O. The van der Waals surface area contributed by atoms with Crippen molar-refractivity contribution in [2.75, 3.05) is 19.6 Å². The molecule has 1 saturated heterocycles. The lowest BCUT2D eigenvalue weighted by molar-refractivity contribution is -0.153. The van der Waals surface area contributed by atoms with E-state index in [1.54, 1.807) is 13.1 Å². The number of imidazole rings is 1. The third-order valence-corrected chi connectivity index (χ3v) is 6.48. The van der Waals surface area contributed by atoms with Crippen LogP contribution in [0.15, 0.2) is 30.7 Å². The molecular weight excluding hydrogens is 453 g/mol. The molecule has 2 aliphatic heterocycles. The van der Waals surface area contributed by atoms with Gasteiger partial charge in [0.25, 0.3) is 0 Å². The van der Waals surface area contributed by atoms with Gasteiger partial charge in [-0.2, -0.15) is 0 Å². The van der Waals surface area contributed by atoms with Crippen molar-refractivity contribution < 1.29 is 28.9 Å². The molecule has 184 valence electrons. The highest BCUT2D eigenvalue weighted by atomic mass is 16.5. The minimum absolute atomic E-state index is 0.0422. The number of Topliss-reactive ketones (excluding diaryl/α,β-unsaturated/α-hetero) is 1. The van der Waals surface area contributed by atoms with Crippen LogP contribution < -0.4 is 9.97 Å². The quantitative estimate of drug-likeness (QED) is 0.385. The van der Waals surface area contributed by atoms with Gasteiger partial charge in [0.05, 0.1) is 12.4 Å². The summed E-state index contributed by atoms with van der Waals surface area (Å²) in [5.74, 6) is -1.88. The van der Waals surface area contributed by atoms with E-state index in [9.17, 15) is 24.2 Å². The monoisotopic (exact) mass is 481 g/mol. The molecule has 12 heteroatoms. The van der Waals surface area contributed by atoms with E-state index < -0.39 is 36.8 Å². The number of carbonyl (C=O) groups excluding carboxylic acids is 4. The van der Waals surface area contributed by atoms with Crippen molar-refractivity contribution in [1.82, 2.24) is 25.1 Å². The van der Waals surface area contributed by atoms with Gasteiger partial charge in [0.2, 0.25) is 0 Å². The number of ketones is 1. The van der Waals surface area contributed by atoms with Crippen molar-refractivity contribution in [1.29, 1.82) is 0 Å². The van der Waals surface area contributed by atoms with Gasteiger partial charge < -0.3 is 24.9 Å². The minimum atomic E-state index is -1.17. The van der Waals surface area contributed by atoms with Gasteiger partial charge in [-0.3, -0.25) is 19.3 Å². The number of hydrogen-bond acceptors (Lipinski definition) is 7. The van der Waals surface area contributed by atoms with E-state index in [1.807, 2.05) is 25.1 Å².